The SMILES string of the molecule is COCCOCCOCCOCCOCCOCCOCCOCCOCCOCCOCCOCCOC. The van der Waals surface area contributed by atoms with Gasteiger partial charge in [-0.3, -0.25) is 0 Å². The first-order valence-electron chi connectivity index (χ1n) is 13.7. The highest BCUT2D eigenvalue weighted by Crippen LogP contribution is 1.87. The topological polar surface area (TPSA) is 120 Å². The highest BCUT2D eigenvalue weighted by atomic mass is 16.6. The van der Waals surface area contributed by atoms with Gasteiger partial charge in [0.25, 0.3) is 0 Å². The van der Waals surface area contributed by atoms with Gasteiger partial charge in [0.1, 0.15) is 0 Å². The highest BCUT2D eigenvalue weighted by molar-refractivity contribution is 4.39. The smallest absolute Gasteiger partial charge is 0.0701 e. The molecule has 0 aromatic rings. The molecule has 0 heterocycles. The zero-order chi connectivity index (χ0) is 28.2. The summed E-state index contributed by atoms with van der Waals surface area (Å²) < 4.78 is 69.2. The molecule has 13 heteroatoms. The summed E-state index contributed by atoms with van der Waals surface area (Å²) in [5.41, 5.74) is 0. The summed E-state index contributed by atoms with van der Waals surface area (Å²) in [5.74, 6) is 0. The molecule has 0 saturated heterocycles. The van der Waals surface area contributed by atoms with Gasteiger partial charge >= 0.3 is 0 Å². The molecule has 236 valence electrons. The average molecular weight is 575 g/mol. The number of methoxy groups -OCH3 is 2. The first-order valence-corrected chi connectivity index (χ1v) is 13.7. The van der Waals surface area contributed by atoms with Crippen LogP contribution in [0.5, 0.6) is 0 Å². The van der Waals surface area contributed by atoms with Crippen molar-refractivity contribution in [2.75, 3.05) is 173 Å². The van der Waals surface area contributed by atoms with Crippen molar-refractivity contribution in [3.63, 3.8) is 0 Å². The first kappa shape index (κ1) is 38.5. The van der Waals surface area contributed by atoms with Gasteiger partial charge in [0.05, 0.1) is 159 Å². The molecule has 0 spiro atoms. The highest BCUT2D eigenvalue weighted by Gasteiger charge is 1.96. The van der Waals surface area contributed by atoms with E-state index in [0.29, 0.717) is 159 Å². The fraction of sp³-hybridized carbons (Fsp3) is 1.00. The summed E-state index contributed by atoms with van der Waals surface area (Å²) in [6.45, 7) is 13.0. The van der Waals surface area contributed by atoms with Crippen LogP contribution in [0.1, 0.15) is 0 Å². The van der Waals surface area contributed by atoms with Gasteiger partial charge in [0, 0.05) is 14.2 Å². The fourth-order valence-electron chi connectivity index (χ4n) is 2.59. The summed E-state index contributed by atoms with van der Waals surface area (Å²) in [4.78, 5) is 0. The molecule has 0 rings (SSSR count). The van der Waals surface area contributed by atoms with Crippen molar-refractivity contribution in [3.8, 4) is 0 Å². The van der Waals surface area contributed by atoms with Gasteiger partial charge in [-0.15, -0.1) is 0 Å². The van der Waals surface area contributed by atoms with E-state index in [1.807, 2.05) is 0 Å². The predicted octanol–water partition coefficient (Wildman–Crippen LogP) is 0.462. The van der Waals surface area contributed by atoms with Crippen molar-refractivity contribution in [1.82, 2.24) is 0 Å². The normalized spacial score (nSPS) is 11.5. The minimum atomic E-state index is 0.516. The van der Waals surface area contributed by atoms with Gasteiger partial charge in [0.15, 0.2) is 0 Å². The van der Waals surface area contributed by atoms with Crippen molar-refractivity contribution in [3.05, 3.63) is 0 Å². The maximum atomic E-state index is 5.46. The van der Waals surface area contributed by atoms with E-state index in [0.717, 1.165) is 0 Å². The van der Waals surface area contributed by atoms with Crippen molar-refractivity contribution >= 4 is 0 Å². The van der Waals surface area contributed by atoms with Crippen LogP contribution < -0.4 is 0 Å². The summed E-state index contributed by atoms with van der Waals surface area (Å²) in [6, 6.07) is 0. The Balaban J connectivity index is 3.01. The third-order valence-corrected chi connectivity index (χ3v) is 4.58. The molecule has 0 radical (unpaired) electrons. The molecule has 0 N–H and O–H groups in total. The van der Waals surface area contributed by atoms with Crippen LogP contribution in [0.3, 0.4) is 0 Å². The van der Waals surface area contributed by atoms with Crippen molar-refractivity contribution < 1.29 is 61.6 Å². The second-order valence-electron chi connectivity index (χ2n) is 7.72. The molecule has 0 amide bonds. The molecule has 0 saturated carbocycles. The molecule has 0 unspecified atom stereocenters. The van der Waals surface area contributed by atoms with E-state index < -0.39 is 0 Å². The van der Waals surface area contributed by atoms with Gasteiger partial charge in [-0.25, -0.2) is 0 Å². The van der Waals surface area contributed by atoms with Crippen LogP contribution in [0.4, 0.5) is 0 Å². The van der Waals surface area contributed by atoms with E-state index in [9.17, 15) is 0 Å². The van der Waals surface area contributed by atoms with Crippen molar-refractivity contribution in [1.29, 1.82) is 0 Å². The molecule has 0 atom stereocenters. The number of hydrogen-bond acceptors (Lipinski definition) is 13. The number of rotatable bonds is 36. The third-order valence-electron chi connectivity index (χ3n) is 4.58. The number of hydrogen-bond donors (Lipinski definition) is 0. The van der Waals surface area contributed by atoms with Crippen LogP contribution in [0.2, 0.25) is 0 Å². The minimum absolute atomic E-state index is 0.516. The lowest BCUT2D eigenvalue weighted by Crippen LogP contribution is -2.15. The minimum Gasteiger partial charge on any atom is -0.382 e. The zero-order valence-corrected chi connectivity index (χ0v) is 24.3. The monoisotopic (exact) mass is 574 g/mol. The molecule has 0 fully saturated rings. The summed E-state index contributed by atoms with van der Waals surface area (Å²) in [6.07, 6.45) is 0. The summed E-state index contributed by atoms with van der Waals surface area (Å²) in [5, 5.41) is 0. The Hall–Kier alpha value is -0.520. The van der Waals surface area contributed by atoms with Crippen LogP contribution in [0.25, 0.3) is 0 Å². The maximum absolute atomic E-state index is 5.46. The van der Waals surface area contributed by atoms with E-state index in [2.05, 4.69) is 0 Å². The second-order valence-corrected chi connectivity index (χ2v) is 7.72. The van der Waals surface area contributed by atoms with Gasteiger partial charge in [-0.1, -0.05) is 0 Å². The Kier molecular flexibility index (Phi) is 37.0. The lowest BCUT2D eigenvalue weighted by molar-refractivity contribution is -0.0284. The third kappa shape index (κ3) is 37.5. The predicted molar refractivity (Wildman–Crippen MR) is 143 cm³/mol. The van der Waals surface area contributed by atoms with Crippen LogP contribution in [0, 0.1) is 0 Å². The second kappa shape index (κ2) is 37.5. The first-order chi connectivity index (χ1) is 19.4. The molecule has 0 aromatic carbocycles. The Bertz CT molecular complexity index is 385. The number of ether oxygens (including phenoxy) is 13. The molecule has 0 aliphatic rings. The van der Waals surface area contributed by atoms with Crippen LogP contribution >= 0.6 is 0 Å². The van der Waals surface area contributed by atoms with E-state index in [-0.39, 0.29) is 0 Å². The van der Waals surface area contributed by atoms with E-state index in [1.165, 1.54) is 0 Å². The Morgan fingerprint density at radius 2 is 0.282 bits per heavy atom. The van der Waals surface area contributed by atoms with E-state index >= 15 is 0 Å². The quantitative estimate of drug-likeness (QED) is 0.0965. The van der Waals surface area contributed by atoms with Crippen molar-refractivity contribution in [2.24, 2.45) is 0 Å². The molecular formula is C26H54O13. The van der Waals surface area contributed by atoms with Gasteiger partial charge in [0.2, 0.25) is 0 Å². The zero-order valence-electron chi connectivity index (χ0n) is 24.3. The largest absolute Gasteiger partial charge is 0.382 e. The Morgan fingerprint density at radius 3 is 0.385 bits per heavy atom. The lowest BCUT2D eigenvalue weighted by Gasteiger charge is -2.09. The van der Waals surface area contributed by atoms with E-state index in [4.69, 9.17) is 61.6 Å². The van der Waals surface area contributed by atoms with Gasteiger partial charge < -0.3 is 61.6 Å². The summed E-state index contributed by atoms with van der Waals surface area (Å²) >= 11 is 0. The summed E-state index contributed by atoms with van der Waals surface area (Å²) in [7, 11) is 3.29. The van der Waals surface area contributed by atoms with Crippen molar-refractivity contribution in [2.45, 2.75) is 0 Å². The average Bonchev–Trinajstić information content (AvgIpc) is 2.95. The molecule has 13 nitrogen and oxygen atoms in total. The standard InChI is InChI=1S/C26H54O13/c1-27-3-5-29-7-9-31-11-13-33-15-17-35-19-21-37-23-25-39-26-24-38-22-20-36-18-16-34-14-12-32-10-8-30-6-4-28-2/h3-26H2,1-2H3. The molecule has 0 aromatic heterocycles. The Morgan fingerprint density at radius 1 is 0.179 bits per heavy atom. The molecular weight excluding hydrogens is 520 g/mol. The Labute approximate surface area is 234 Å². The van der Waals surface area contributed by atoms with Crippen LogP contribution in [0.15, 0.2) is 0 Å². The van der Waals surface area contributed by atoms with E-state index in [1.54, 1.807) is 14.2 Å². The lowest BCUT2D eigenvalue weighted by atomic mass is 10.6. The van der Waals surface area contributed by atoms with Gasteiger partial charge in [-0.05, 0) is 0 Å². The van der Waals surface area contributed by atoms with Gasteiger partial charge in [-0.2, -0.15) is 0 Å². The molecule has 0 aliphatic carbocycles. The maximum Gasteiger partial charge on any atom is 0.0701 e. The molecule has 39 heavy (non-hydrogen) atoms. The van der Waals surface area contributed by atoms with Crippen LogP contribution in [-0.4, -0.2) is 173 Å². The molecule has 0 bridgehead atoms. The van der Waals surface area contributed by atoms with Crippen LogP contribution in [-0.2, 0) is 61.6 Å². The molecule has 0 aliphatic heterocycles. The fourth-order valence-corrected chi connectivity index (χ4v) is 2.59.